The molecule has 0 aliphatic heterocycles. The van der Waals surface area contributed by atoms with Crippen molar-refractivity contribution in [1.82, 2.24) is 4.98 Å². The second-order valence-electron chi connectivity index (χ2n) is 6.33. The molecule has 0 aliphatic rings. The highest BCUT2D eigenvalue weighted by Gasteiger charge is 2.23. The number of thiophene rings is 1. The van der Waals surface area contributed by atoms with Crippen molar-refractivity contribution in [3.63, 3.8) is 0 Å². The first-order chi connectivity index (χ1) is 13.7. The highest BCUT2D eigenvalue weighted by atomic mass is 35.5. The number of fused-ring (bicyclic) bond motifs is 1. The molecule has 0 saturated carbocycles. The van der Waals surface area contributed by atoms with Crippen molar-refractivity contribution in [2.24, 2.45) is 0 Å². The van der Waals surface area contributed by atoms with Crippen LogP contribution in [0.15, 0.2) is 60.0 Å². The Labute approximate surface area is 175 Å². The Morgan fingerprint density at radius 2 is 1.83 bits per heavy atom. The normalized spacial score (nSPS) is 11.7. The van der Waals surface area contributed by atoms with E-state index in [0.29, 0.717) is 5.69 Å². The molecule has 2 heterocycles. The predicted molar refractivity (Wildman–Crippen MR) is 113 cm³/mol. The van der Waals surface area contributed by atoms with Crippen molar-refractivity contribution >= 4 is 54.6 Å². The van der Waals surface area contributed by atoms with E-state index in [9.17, 15) is 17.2 Å². The standard InChI is InChI=1S/C20H13ClF2N2O2S2/c1-29(26,27)25(15-3-5-18-12(8-15)6-7-28-18)20-10-13(9-19(21)24-20)16-4-2-14(22)11-17(16)23/h2-11H,1H3. The molecule has 0 amide bonds. The number of halogens is 3. The summed E-state index contributed by atoms with van der Waals surface area (Å²) < 4.78 is 54.8. The van der Waals surface area contributed by atoms with E-state index in [2.05, 4.69) is 4.98 Å². The van der Waals surface area contributed by atoms with Gasteiger partial charge in [-0.2, -0.15) is 0 Å². The summed E-state index contributed by atoms with van der Waals surface area (Å²) in [7, 11) is -3.79. The lowest BCUT2D eigenvalue weighted by atomic mass is 10.1. The van der Waals surface area contributed by atoms with E-state index in [-0.39, 0.29) is 22.1 Å². The number of hydrogen-bond donors (Lipinski definition) is 0. The maximum absolute atomic E-state index is 14.3. The summed E-state index contributed by atoms with van der Waals surface area (Å²) in [6.45, 7) is 0. The third-order valence-corrected chi connectivity index (χ3v) is 6.39. The highest BCUT2D eigenvalue weighted by Crippen LogP contribution is 2.35. The van der Waals surface area contributed by atoms with Gasteiger partial charge in [0.25, 0.3) is 0 Å². The SMILES string of the molecule is CS(=O)(=O)N(c1ccc2sccc2c1)c1cc(-c2ccc(F)cc2F)cc(Cl)n1. The van der Waals surface area contributed by atoms with Gasteiger partial charge in [0.15, 0.2) is 0 Å². The van der Waals surface area contributed by atoms with Crippen molar-refractivity contribution in [1.29, 1.82) is 0 Å². The predicted octanol–water partition coefficient (Wildman–Crippen LogP) is 5.99. The fourth-order valence-electron chi connectivity index (χ4n) is 3.04. The van der Waals surface area contributed by atoms with Crippen LogP contribution in [0.4, 0.5) is 20.3 Å². The summed E-state index contributed by atoms with van der Waals surface area (Å²) in [6, 6.07) is 13.0. The minimum Gasteiger partial charge on any atom is -0.221 e. The van der Waals surface area contributed by atoms with Gasteiger partial charge in [-0.15, -0.1) is 11.3 Å². The summed E-state index contributed by atoms with van der Waals surface area (Å²) in [6.07, 6.45) is 1.05. The third-order valence-electron chi connectivity index (χ3n) is 4.23. The second kappa shape index (κ2) is 7.37. The van der Waals surface area contributed by atoms with Gasteiger partial charge in [-0.05, 0) is 64.9 Å². The van der Waals surface area contributed by atoms with Crippen LogP contribution in [0.1, 0.15) is 0 Å². The number of rotatable bonds is 4. The zero-order chi connectivity index (χ0) is 20.8. The number of anilines is 2. The van der Waals surface area contributed by atoms with Gasteiger partial charge >= 0.3 is 0 Å². The fraction of sp³-hybridized carbons (Fsp3) is 0.0500. The van der Waals surface area contributed by atoms with E-state index in [1.165, 1.54) is 29.5 Å². The van der Waals surface area contributed by atoms with Gasteiger partial charge in [-0.1, -0.05) is 11.6 Å². The molecule has 4 rings (SSSR count). The van der Waals surface area contributed by atoms with E-state index in [1.54, 1.807) is 12.1 Å². The molecule has 0 bridgehead atoms. The molecule has 2 aromatic heterocycles. The van der Waals surface area contributed by atoms with Crippen molar-refractivity contribution in [2.45, 2.75) is 0 Å². The maximum atomic E-state index is 14.3. The smallest absolute Gasteiger partial charge is 0.221 e. The largest absolute Gasteiger partial charge is 0.237 e. The lowest BCUT2D eigenvalue weighted by Crippen LogP contribution is -2.25. The fourth-order valence-corrected chi connectivity index (χ4v) is 4.95. The number of aromatic nitrogens is 1. The van der Waals surface area contributed by atoms with Crippen LogP contribution in [-0.4, -0.2) is 19.7 Å². The lowest BCUT2D eigenvalue weighted by molar-refractivity contribution is 0.585. The molecule has 0 spiro atoms. The van der Waals surface area contributed by atoms with Gasteiger partial charge < -0.3 is 0 Å². The van der Waals surface area contributed by atoms with Crippen LogP contribution in [0.25, 0.3) is 21.2 Å². The number of sulfonamides is 1. The molecule has 0 N–H and O–H groups in total. The van der Waals surface area contributed by atoms with Crippen LogP contribution in [0, 0.1) is 11.6 Å². The zero-order valence-corrected chi connectivity index (χ0v) is 17.3. The number of nitrogens with zero attached hydrogens (tertiary/aromatic N) is 2. The second-order valence-corrected chi connectivity index (χ2v) is 9.50. The molecule has 2 aromatic carbocycles. The molecular weight excluding hydrogens is 438 g/mol. The Kier molecular flexibility index (Phi) is 5.02. The van der Waals surface area contributed by atoms with E-state index >= 15 is 0 Å². The average molecular weight is 451 g/mol. The number of hydrogen-bond acceptors (Lipinski definition) is 4. The minimum absolute atomic E-state index is 0.00769. The summed E-state index contributed by atoms with van der Waals surface area (Å²) in [5, 5.41) is 2.77. The molecule has 0 unspecified atom stereocenters. The first kappa shape index (κ1) is 19.8. The summed E-state index contributed by atoms with van der Waals surface area (Å²) in [5.41, 5.74) is 0.736. The summed E-state index contributed by atoms with van der Waals surface area (Å²) in [4.78, 5) is 4.14. The molecule has 4 nitrogen and oxygen atoms in total. The van der Waals surface area contributed by atoms with Gasteiger partial charge in [-0.25, -0.2) is 26.5 Å². The number of pyridine rings is 1. The van der Waals surface area contributed by atoms with E-state index in [1.807, 2.05) is 17.5 Å². The van der Waals surface area contributed by atoms with Crippen LogP contribution in [-0.2, 0) is 10.0 Å². The van der Waals surface area contributed by atoms with Gasteiger partial charge in [0.1, 0.15) is 22.6 Å². The topological polar surface area (TPSA) is 50.3 Å². The molecular formula is C20H13ClF2N2O2S2. The molecule has 4 aromatic rings. The molecule has 0 fully saturated rings. The molecule has 0 radical (unpaired) electrons. The maximum Gasteiger partial charge on any atom is 0.237 e. The molecule has 148 valence electrons. The monoisotopic (exact) mass is 450 g/mol. The van der Waals surface area contributed by atoms with Crippen molar-refractivity contribution in [2.75, 3.05) is 10.6 Å². The van der Waals surface area contributed by atoms with Crippen LogP contribution in [0.2, 0.25) is 5.15 Å². The zero-order valence-electron chi connectivity index (χ0n) is 14.9. The quantitative estimate of drug-likeness (QED) is 0.359. The van der Waals surface area contributed by atoms with Crippen molar-refractivity contribution < 1.29 is 17.2 Å². The van der Waals surface area contributed by atoms with Crippen LogP contribution in [0.5, 0.6) is 0 Å². The van der Waals surface area contributed by atoms with Gasteiger partial charge in [0.05, 0.1) is 11.9 Å². The summed E-state index contributed by atoms with van der Waals surface area (Å²) in [5.74, 6) is -1.49. The molecule has 0 saturated heterocycles. The summed E-state index contributed by atoms with van der Waals surface area (Å²) >= 11 is 7.65. The molecule has 9 heteroatoms. The first-order valence-electron chi connectivity index (χ1n) is 8.33. The molecule has 0 aliphatic carbocycles. The Balaban J connectivity index is 1.90. The molecule has 29 heavy (non-hydrogen) atoms. The third kappa shape index (κ3) is 3.96. The highest BCUT2D eigenvalue weighted by molar-refractivity contribution is 7.92. The number of benzene rings is 2. The van der Waals surface area contributed by atoms with Gasteiger partial charge in [0, 0.05) is 16.3 Å². The van der Waals surface area contributed by atoms with E-state index in [0.717, 1.165) is 32.8 Å². The minimum atomic E-state index is -3.79. The Morgan fingerprint density at radius 3 is 2.55 bits per heavy atom. The van der Waals surface area contributed by atoms with E-state index in [4.69, 9.17) is 11.6 Å². The Hall–Kier alpha value is -2.55. The van der Waals surface area contributed by atoms with Crippen molar-refractivity contribution in [3.05, 3.63) is 76.8 Å². The van der Waals surface area contributed by atoms with Crippen LogP contribution in [0.3, 0.4) is 0 Å². The Bertz CT molecular complexity index is 1340. The Morgan fingerprint density at radius 1 is 1.03 bits per heavy atom. The molecule has 0 atom stereocenters. The lowest BCUT2D eigenvalue weighted by Gasteiger charge is -2.22. The van der Waals surface area contributed by atoms with E-state index < -0.39 is 21.7 Å². The van der Waals surface area contributed by atoms with Crippen molar-refractivity contribution in [3.8, 4) is 11.1 Å². The van der Waals surface area contributed by atoms with Gasteiger partial charge in [-0.3, -0.25) is 0 Å². The average Bonchev–Trinajstić information content (AvgIpc) is 3.08. The first-order valence-corrected chi connectivity index (χ1v) is 11.4. The van der Waals surface area contributed by atoms with Crippen LogP contribution < -0.4 is 4.31 Å². The van der Waals surface area contributed by atoms with Crippen LogP contribution >= 0.6 is 22.9 Å². The van der Waals surface area contributed by atoms with Gasteiger partial charge in [0.2, 0.25) is 10.0 Å².